The number of carbonyl (C=O) groups excluding carboxylic acids is 2. The number of hydrogen-bond donors (Lipinski definition) is 1. The molecule has 4 rings (SSSR count). The molecule has 11 heteroatoms. The highest BCUT2D eigenvalue weighted by Crippen LogP contribution is 2.42. The van der Waals surface area contributed by atoms with Gasteiger partial charge in [-0.15, -0.1) is 0 Å². The largest absolute Gasteiger partial charge is 0.463 e. The van der Waals surface area contributed by atoms with Gasteiger partial charge >= 0.3 is 12.0 Å². The van der Waals surface area contributed by atoms with E-state index in [0.29, 0.717) is 32.1 Å². The summed E-state index contributed by atoms with van der Waals surface area (Å²) < 4.78 is 12.3. The van der Waals surface area contributed by atoms with Crippen LogP contribution in [0.4, 0.5) is 10.5 Å². The SMILES string of the molecule is CCOC(=O)C1=C(c2cccc([N+](=O)[O-])c2)N(CC)C(=O)NC1c1ccc(Br)cc1Oc1cccc(Cl)c1. The second kappa shape index (κ2) is 11.7. The molecule has 1 aliphatic heterocycles. The molecule has 0 spiro atoms. The Hall–Kier alpha value is -3.89. The molecule has 0 saturated carbocycles. The highest BCUT2D eigenvalue weighted by Gasteiger charge is 2.40. The van der Waals surface area contributed by atoms with Crippen molar-refractivity contribution < 1.29 is 24.0 Å². The Kier molecular flexibility index (Phi) is 8.33. The number of esters is 1. The van der Waals surface area contributed by atoms with Crippen LogP contribution in [0.3, 0.4) is 0 Å². The van der Waals surface area contributed by atoms with Gasteiger partial charge in [0.15, 0.2) is 0 Å². The van der Waals surface area contributed by atoms with Crippen molar-refractivity contribution in [1.29, 1.82) is 0 Å². The van der Waals surface area contributed by atoms with Gasteiger partial charge in [0.2, 0.25) is 0 Å². The number of nitrogens with zero attached hydrogens (tertiary/aromatic N) is 2. The molecular formula is C27H23BrClN3O6. The van der Waals surface area contributed by atoms with Gasteiger partial charge in [0.1, 0.15) is 11.5 Å². The first-order valence-electron chi connectivity index (χ1n) is 11.7. The minimum Gasteiger partial charge on any atom is -0.463 e. The summed E-state index contributed by atoms with van der Waals surface area (Å²) in [6, 6.07) is 16.3. The van der Waals surface area contributed by atoms with Crippen molar-refractivity contribution in [3.8, 4) is 11.5 Å². The molecule has 0 saturated heterocycles. The molecule has 1 aliphatic rings. The van der Waals surface area contributed by atoms with Crippen LogP contribution in [0.5, 0.6) is 11.5 Å². The van der Waals surface area contributed by atoms with Gasteiger partial charge in [-0.3, -0.25) is 15.0 Å². The smallest absolute Gasteiger partial charge is 0.338 e. The number of nitrogens with one attached hydrogen (secondary N) is 1. The third-order valence-electron chi connectivity index (χ3n) is 5.78. The topological polar surface area (TPSA) is 111 Å². The number of carbonyl (C=O) groups is 2. The Bertz CT molecular complexity index is 1440. The predicted octanol–water partition coefficient (Wildman–Crippen LogP) is 6.86. The van der Waals surface area contributed by atoms with Crippen molar-refractivity contribution in [3.63, 3.8) is 0 Å². The fourth-order valence-corrected chi connectivity index (χ4v) is 4.71. The third-order valence-corrected chi connectivity index (χ3v) is 6.51. The Morgan fingerprint density at radius 2 is 1.89 bits per heavy atom. The number of urea groups is 1. The predicted molar refractivity (Wildman–Crippen MR) is 146 cm³/mol. The zero-order valence-electron chi connectivity index (χ0n) is 20.4. The van der Waals surface area contributed by atoms with Gasteiger partial charge in [0.05, 0.1) is 28.8 Å². The highest BCUT2D eigenvalue weighted by molar-refractivity contribution is 9.10. The lowest BCUT2D eigenvalue weighted by Gasteiger charge is -2.36. The summed E-state index contributed by atoms with van der Waals surface area (Å²) in [7, 11) is 0. The van der Waals surface area contributed by atoms with Crippen LogP contribution in [0.1, 0.15) is 31.0 Å². The van der Waals surface area contributed by atoms with E-state index in [9.17, 15) is 19.7 Å². The molecule has 3 aromatic rings. The number of halogens is 2. The fourth-order valence-electron chi connectivity index (χ4n) is 4.19. The van der Waals surface area contributed by atoms with E-state index in [1.807, 2.05) is 0 Å². The molecular weight excluding hydrogens is 578 g/mol. The normalized spacial score (nSPS) is 15.2. The van der Waals surface area contributed by atoms with Crippen LogP contribution >= 0.6 is 27.5 Å². The molecule has 1 unspecified atom stereocenters. The van der Waals surface area contributed by atoms with E-state index in [0.717, 1.165) is 0 Å². The molecule has 1 heterocycles. The number of nitro groups is 1. The number of non-ortho nitro benzene ring substituents is 1. The Morgan fingerprint density at radius 3 is 2.58 bits per heavy atom. The van der Waals surface area contributed by atoms with Gasteiger partial charge < -0.3 is 14.8 Å². The van der Waals surface area contributed by atoms with Gasteiger partial charge in [-0.05, 0) is 44.2 Å². The molecule has 0 fully saturated rings. The van der Waals surface area contributed by atoms with Crippen molar-refractivity contribution in [1.82, 2.24) is 10.2 Å². The zero-order chi connectivity index (χ0) is 27.4. The first kappa shape index (κ1) is 27.2. The first-order valence-corrected chi connectivity index (χ1v) is 12.9. The molecule has 0 aliphatic carbocycles. The van der Waals surface area contributed by atoms with E-state index < -0.39 is 23.0 Å². The monoisotopic (exact) mass is 599 g/mol. The number of ether oxygens (including phenoxy) is 2. The highest BCUT2D eigenvalue weighted by atomic mass is 79.9. The maximum absolute atomic E-state index is 13.5. The molecule has 1 atom stereocenters. The molecule has 3 aromatic carbocycles. The van der Waals surface area contributed by atoms with E-state index in [1.54, 1.807) is 62.4 Å². The van der Waals surface area contributed by atoms with Gasteiger partial charge in [0.25, 0.3) is 5.69 Å². The summed E-state index contributed by atoms with van der Waals surface area (Å²) in [5.41, 5.74) is 0.971. The van der Waals surface area contributed by atoms with Crippen LogP contribution in [0.25, 0.3) is 5.70 Å². The second-order valence-corrected chi connectivity index (χ2v) is 9.51. The Balaban J connectivity index is 1.96. The van der Waals surface area contributed by atoms with Crippen LogP contribution in [0.2, 0.25) is 5.02 Å². The van der Waals surface area contributed by atoms with Crippen LogP contribution < -0.4 is 10.1 Å². The minimum absolute atomic E-state index is 0.0869. The maximum Gasteiger partial charge on any atom is 0.338 e. The lowest BCUT2D eigenvalue weighted by atomic mass is 9.91. The lowest BCUT2D eigenvalue weighted by Crippen LogP contribution is -2.48. The van der Waals surface area contributed by atoms with Crippen molar-refractivity contribution in [3.05, 3.63) is 103 Å². The second-order valence-electron chi connectivity index (χ2n) is 8.16. The van der Waals surface area contributed by atoms with Gasteiger partial charge in [-0.1, -0.05) is 51.8 Å². The zero-order valence-corrected chi connectivity index (χ0v) is 22.8. The summed E-state index contributed by atoms with van der Waals surface area (Å²) in [4.78, 5) is 39.2. The van der Waals surface area contributed by atoms with Gasteiger partial charge in [0, 0.05) is 39.3 Å². The van der Waals surface area contributed by atoms with Crippen molar-refractivity contribution in [2.45, 2.75) is 19.9 Å². The lowest BCUT2D eigenvalue weighted by molar-refractivity contribution is -0.384. The van der Waals surface area contributed by atoms with E-state index >= 15 is 0 Å². The van der Waals surface area contributed by atoms with Gasteiger partial charge in [-0.25, -0.2) is 9.59 Å². The quantitative estimate of drug-likeness (QED) is 0.172. The summed E-state index contributed by atoms with van der Waals surface area (Å²) in [6.45, 7) is 3.70. The number of hydrogen-bond acceptors (Lipinski definition) is 6. The average Bonchev–Trinajstić information content (AvgIpc) is 2.88. The number of amides is 2. The molecule has 196 valence electrons. The first-order chi connectivity index (χ1) is 18.2. The van der Waals surface area contributed by atoms with Gasteiger partial charge in [-0.2, -0.15) is 0 Å². The minimum atomic E-state index is -0.985. The fraction of sp³-hybridized carbons (Fsp3) is 0.185. The number of nitro benzene ring substituents is 1. The standard InChI is InChI=1S/C27H23BrClN3O6/c1-3-31-25(16-7-5-9-19(13-16)32(35)36)23(26(33)37-4-2)24(30-27(31)34)21-12-11-17(28)14-22(21)38-20-10-6-8-18(29)15-20/h5-15,24H,3-4H2,1-2H3,(H,30,34). The van der Waals surface area contributed by atoms with Crippen molar-refractivity contribution in [2.24, 2.45) is 0 Å². The molecule has 1 N–H and O–H groups in total. The van der Waals surface area contributed by atoms with Crippen LogP contribution in [-0.2, 0) is 9.53 Å². The average molecular weight is 601 g/mol. The van der Waals surface area contributed by atoms with E-state index in [2.05, 4.69) is 21.2 Å². The third kappa shape index (κ3) is 5.66. The summed E-state index contributed by atoms with van der Waals surface area (Å²) in [6.07, 6.45) is 0. The van der Waals surface area contributed by atoms with E-state index in [1.165, 1.54) is 23.1 Å². The van der Waals surface area contributed by atoms with Crippen molar-refractivity contribution >= 4 is 50.9 Å². The van der Waals surface area contributed by atoms with Crippen LogP contribution in [0, 0.1) is 10.1 Å². The molecule has 9 nitrogen and oxygen atoms in total. The van der Waals surface area contributed by atoms with Crippen molar-refractivity contribution in [2.75, 3.05) is 13.2 Å². The van der Waals surface area contributed by atoms with Crippen LogP contribution in [0.15, 0.2) is 76.8 Å². The Labute approximate surface area is 232 Å². The summed E-state index contributed by atoms with van der Waals surface area (Å²) >= 11 is 9.59. The molecule has 0 aromatic heterocycles. The summed E-state index contributed by atoms with van der Waals surface area (Å²) in [5.74, 6) is 0.140. The number of benzene rings is 3. The molecule has 0 radical (unpaired) electrons. The van der Waals surface area contributed by atoms with E-state index in [4.69, 9.17) is 21.1 Å². The summed E-state index contributed by atoms with van der Waals surface area (Å²) in [5, 5.41) is 14.9. The number of rotatable bonds is 8. The Morgan fingerprint density at radius 1 is 1.13 bits per heavy atom. The van der Waals surface area contributed by atoms with Crippen LogP contribution in [-0.4, -0.2) is 35.0 Å². The maximum atomic E-state index is 13.5. The molecule has 2 amide bonds. The van der Waals surface area contributed by atoms with E-state index in [-0.39, 0.29) is 30.1 Å². The molecule has 0 bridgehead atoms. The molecule has 38 heavy (non-hydrogen) atoms.